The number of ether oxygens (including phenoxy) is 2. The molecule has 0 atom stereocenters. The Kier molecular flexibility index (Phi) is 8.68. The van der Waals surface area contributed by atoms with Crippen LogP contribution in [0.4, 0.5) is 0 Å². The molecule has 2 aromatic carbocycles. The average molecular weight is 559 g/mol. The van der Waals surface area contributed by atoms with Crippen molar-refractivity contribution in [1.82, 2.24) is 19.4 Å². The van der Waals surface area contributed by atoms with Gasteiger partial charge in [0.2, 0.25) is 5.88 Å². The molecule has 1 fully saturated rings. The molecule has 1 aliphatic rings. The minimum Gasteiger partial charge on any atom is -0.478 e. The second kappa shape index (κ2) is 12.4. The maximum atomic E-state index is 11.5. The van der Waals surface area contributed by atoms with Crippen LogP contribution in [0.2, 0.25) is 0 Å². The van der Waals surface area contributed by atoms with Gasteiger partial charge in [-0.1, -0.05) is 30.3 Å². The summed E-state index contributed by atoms with van der Waals surface area (Å²) in [5, 5.41) is 19.6. The number of aromatic nitrogens is 3. The summed E-state index contributed by atoms with van der Waals surface area (Å²) in [5.74, 6) is 0.941. The summed E-state index contributed by atoms with van der Waals surface area (Å²) in [6, 6.07) is 18.9. The molecule has 2 N–H and O–H groups in total. The van der Waals surface area contributed by atoms with Crippen molar-refractivity contribution in [1.29, 1.82) is 0 Å². The van der Waals surface area contributed by atoms with Crippen LogP contribution in [0, 0.1) is 0 Å². The van der Waals surface area contributed by atoms with Gasteiger partial charge in [0.15, 0.2) is 0 Å². The topological polar surface area (TPSA) is 110 Å². The molecule has 4 aromatic rings. The monoisotopic (exact) mass is 558 g/mol. The Morgan fingerprint density at radius 1 is 1.05 bits per heavy atom. The lowest BCUT2D eigenvalue weighted by Gasteiger charge is -2.31. The standard InChI is InChI=1S/C32H38N4O5/c1-32(2,39)25-10-7-22(8-11-25)21-41-30-6-4-5-26(34-30)23-13-15-35(16-14-23)20-29-33-27-12-9-24(31(37)38)19-28(27)36(29)17-18-40-3/h4-12,19,23,39H,13-18,20-21H2,1-3H3,(H,37,38). The zero-order valence-electron chi connectivity index (χ0n) is 23.9. The number of carboxylic acids is 1. The number of methoxy groups -OCH3 is 1. The van der Waals surface area contributed by atoms with Gasteiger partial charge in [0.1, 0.15) is 12.4 Å². The van der Waals surface area contributed by atoms with Gasteiger partial charge in [0, 0.05) is 31.3 Å². The molecule has 3 heterocycles. The van der Waals surface area contributed by atoms with Gasteiger partial charge in [-0.25, -0.2) is 14.8 Å². The van der Waals surface area contributed by atoms with E-state index in [0.717, 1.165) is 59.6 Å². The number of fused-ring (bicyclic) bond motifs is 1. The number of carboxylic acid groups (broad SMARTS) is 1. The number of nitrogens with zero attached hydrogens (tertiary/aromatic N) is 4. The Hall–Kier alpha value is -3.79. The zero-order chi connectivity index (χ0) is 29.0. The average Bonchev–Trinajstić information content (AvgIpc) is 3.31. The lowest BCUT2D eigenvalue weighted by Crippen LogP contribution is -2.33. The molecule has 0 aliphatic carbocycles. The van der Waals surface area contributed by atoms with Crippen molar-refractivity contribution in [2.45, 2.75) is 57.9 Å². The van der Waals surface area contributed by atoms with Crippen molar-refractivity contribution in [3.63, 3.8) is 0 Å². The van der Waals surface area contributed by atoms with Crippen LogP contribution < -0.4 is 4.74 Å². The highest BCUT2D eigenvalue weighted by Crippen LogP contribution is 2.29. The summed E-state index contributed by atoms with van der Waals surface area (Å²) < 4.78 is 13.4. The second-order valence-electron chi connectivity index (χ2n) is 11.2. The van der Waals surface area contributed by atoms with E-state index in [1.165, 1.54) is 0 Å². The molecular weight excluding hydrogens is 520 g/mol. The number of rotatable bonds is 11. The summed E-state index contributed by atoms with van der Waals surface area (Å²) in [5.41, 5.74) is 3.95. The van der Waals surface area contributed by atoms with E-state index < -0.39 is 11.6 Å². The fourth-order valence-corrected chi connectivity index (χ4v) is 5.35. The lowest BCUT2D eigenvalue weighted by atomic mass is 9.93. The van der Waals surface area contributed by atoms with E-state index in [4.69, 9.17) is 19.4 Å². The van der Waals surface area contributed by atoms with Crippen molar-refractivity contribution >= 4 is 17.0 Å². The number of imidazole rings is 1. The number of hydrogen-bond acceptors (Lipinski definition) is 7. The highest BCUT2D eigenvalue weighted by Gasteiger charge is 2.24. The molecule has 9 nitrogen and oxygen atoms in total. The van der Waals surface area contributed by atoms with E-state index >= 15 is 0 Å². The van der Waals surface area contributed by atoms with Crippen LogP contribution in [-0.4, -0.2) is 62.4 Å². The first kappa shape index (κ1) is 28.7. The minimum atomic E-state index is -0.945. The molecule has 41 heavy (non-hydrogen) atoms. The number of piperidine rings is 1. The van der Waals surface area contributed by atoms with E-state index in [2.05, 4.69) is 15.5 Å². The van der Waals surface area contributed by atoms with Crippen LogP contribution >= 0.6 is 0 Å². The van der Waals surface area contributed by atoms with Gasteiger partial charge in [-0.15, -0.1) is 0 Å². The third-order valence-electron chi connectivity index (χ3n) is 7.76. The highest BCUT2D eigenvalue weighted by atomic mass is 16.5. The number of benzene rings is 2. The van der Waals surface area contributed by atoms with E-state index in [1.807, 2.05) is 36.4 Å². The molecule has 9 heteroatoms. The van der Waals surface area contributed by atoms with Gasteiger partial charge >= 0.3 is 5.97 Å². The molecular formula is C32H38N4O5. The number of aliphatic hydroxyl groups is 1. The number of pyridine rings is 1. The van der Waals surface area contributed by atoms with Crippen LogP contribution in [0.25, 0.3) is 11.0 Å². The van der Waals surface area contributed by atoms with E-state index in [1.54, 1.807) is 39.2 Å². The van der Waals surface area contributed by atoms with Gasteiger partial charge in [-0.3, -0.25) is 4.90 Å². The lowest BCUT2D eigenvalue weighted by molar-refractivity contribution is 0.0696. The number of hydrogen-bond donors (Lipinski definition) is 2. The van der Waals surface area contributed by atoms with Gasteiger partial charge in [-0.05, 0) is 75.2 Å². The predicted molar refractivity (Wildman–Crippen MR) is 156 cm³/mol. The summed E-state index contributed by atoms with van der Waals surface area (Å²) in [7, 11) is 1.66. The first-order valence-corrected chi connectivity index (χ1v) is 14.1. The van der Waals surface area contributed by atoms with Crippen LogP contribution in [-0.2, 0) is 30.0 Å². The van der Waals surface area contributed by atoms with Crippen LogP contribution in [0.1, 0.15) is 65.6 Å². The second-order valence-corrected chi connectivity index (χ2v) is 11.2. The van der Waals surface area contributed by atoms with Gasteiger partial charge in [0.25, 0.3) is 0 Å². The Balaban J connectivity index is 1.20. The molecule has 0 spiro atoms. The maximum absolute atomic E-state index is 11.5. The molecule has 0 unspecified atom stereocenters. The first-order valence-electron chi connectivity index (χ1n) is 14.1. The molecule has 0 bridgehead atoms. The third kappa shape index (κ3) is 6.93. The van der Waals surface area contributed by atoms with Crippen molar-refractivity contribution in [2.24, 2.45) is 0 Å². The predicted octanol–water partition coefficient (Wildman–Crippen LogP) is 4.96. The molecule has 1 aliphatic heterocycles. The van der Waals surface area contributed by atoms with E-state index in [9.17, 15) is 15.0 Å². The molecule has 1 saturated heterocycles. The number of likely N-dealkylation sites (tertiary alicyclic amines) is 1. The Morgan fingerprint density at radius 3 is 2.49 bits per heavy atom. The molecule has 2 aromatic heterocycles. The van der Waals surface area contributed by atoms with Crippen molar-refractivity contribution in [3.05, 3.63) is 88.9 Å². The van der Waals surface area contributed by atoms with Crippen molar-refractivity contribution in [3.8, 4) is 5.88 Å². The largest absolute Gasteiger partial charge is 0.478 e. The summed E-state index contributed by atoms with van der Waals surface area (Å²) >= 11 is 0. The van der Waals surface area contributed by atoms with Crippen molar-refractivity contribution < 1.29 is 24.5 Å². The highest BCUT2D eigenvalue weighted by molar-refractivity contribution is 5.92. The fraction of sp³-hybridized carbons (Fsp3) is 0.406. The summed E-state index contributed by atoms with van der Waals surface area (Å²) in [6.45, 7) is 7.62. The van der Waals surface area contributed by atoms with Crippen LogP contribution in [0.3, 0.4) is 0 Å². The smallest absolute Gasteiger partial charge is 0.335 e. The molecule has 0 amide bonds. The zero-order valence-corrected chi connectivity index (χ0v) is 23.9. The van der Waals surface area contributed by atoms with Gasteiger partial charge in [-0.2, -0.15) is 0 Å². The van der Waals surface area contributed by atoms with E-state index in [0.29, 0.717) is 38.1 Å². The van der Waals surface area contributed by atoms with Crippen molar-refractivity contribution in [2.75, 3.05) is 26.8 Å². The minimum absolute atomic E-state index is 0.255. The molecule has 0 saturated carbocycles. The Morgan fingerprint density at radius 2 is 1.80 bits per heavy atom. The quantitative estimate of drug-likeness (QED) is 0.266. The number of carbonyl (C=O) groups is 1. The summed E-state index contributed by atoms with van der Waals surface area (Å²) in [4.78, 5) is 23.6. The van der Waals surface area contributed by atoms with Gasteiger partial charge < -0.3 is 24.3 Å². The van der Waals surface area contributed by atoms with E-state index in [-0.39, 0.29) is 5.56 Å². The Bertz CT molecular complexity index is 1480. The van der Waals surface area contributed by atoms with Gasteiger partial charge in [0.05, 0.1) is 35.3 Å². The molecule has 0 radical (unpaired) electrons. The third-order valence-corrected chi connectivity index (χ3v) is 7.76. The number of aromatic carboxylic acids is 1. The maximum Gasteiger partial charge on any atom is 0.335 e. The first-order chi connectivity index (χ1) is 19.7. The fourth-order valence-electron chi connectivity index (χ4n) is 5.35. The SMILES string of the molecule is COCCn1c(CN2CCC(c3cccc(OCc4ccc(C(C)(C)O)cc4)n3)CC2)nc2ccc(C(=O)O)cc21. The normalized spacial score (nSPS) is 14.9. The Labute approximate surface area is 240 Å². The molecule has 5 rings (SSSR count). The summed E-state index contributed by atoms with van der Waals surface area (Å²) in [6.07, 6.45) is 1.96. The van der Waals surface area contributed by atoms with Crippen LogP contribution in [0.15, 0.2) is 60.7 Å². The molecule has 216 valence electrons. The van der Waals surface area contributed by atoms with Crippen LogP contribution in [0.5, 0.6) is 5.88 Å².